The number of sulfonamides is 1. The summed E-state index contributed by atoms with van der Waals surface area (Å²) in [6.07, 6.45) is 0.870. The first-order valence-electron chi connectivity index (χ1n) is 9.13. The molecule has 11 heteroatoms. The SMILES string of the molecule is CNC(=O)C(C)N(Cc1ccc(Cl)cc1Cl)C(=O)CN(c1ccccc1F)S(C)(=O)=O. The Morgan fingerprint density at radius 1 is 1.16 bits per heavy atom. The summed E-state index contributed by atoms with van der Waals surface area (Å²) in [6, 6.07) is 8.94. The standard InChI is InChI=1S/C20H22Cl2FN3O4S/c1-13(20(28)24-2)25(11-14-8-9-15(21)10-16(14)22)19(27)12-26(31(3,29)30)18-7-5-4-6-17(18)23/h4-10,13H,11-12H2,1-3H3,(H,24,28). The molecule has 7 nitrogen and oxygen atoms in total. The van der Waals surface area contributed by atoms with E-state index in [4.69, 9.17) is 23.2 Å². The highest BCUT2D eigenvalue weighted by Gasteiger charge is 2.31. The summed E-state index contributed by atoms with van der Waals surface area (Å²) in [5.74, 6) is -1.97. The van der Waals surface area contributed by atoms with Crippen molar-refractivity contribution < 1.29 is 22.4 Å². The third-order valence-electron chi connectivity index (χ3n) is 4.57. The molecule has 1 N–H and O–H groups in total. The molecule has 1 unspecified atom stereocenters. The second-order valence-corrected chi connectivity index (χ2v) is 9.52. The zero-order valence-corrected chi connectivity index (χ0v) is 19.4. The summed E-state index contributed by atoms with van der Waals surface area (Å²) in [6.45, 7) is 0.707. The number of hydrogen-bond acceptors (Lipinski definition) is 4. The lowest BCUT2D eigenvalue weighted by Crippen LogP contribution is -2.50. The molecular weight excluding hydrogens is 468 g/mol. The smallest absolute Gasteiger partial charge is 0.244 e. The summed E-state index contributed by atoms with van der Waals surface area (Å²) in [5.41, 5.74) is 0.238. The average molecular weight is 490 g/mol. The van der Waals surface area contributed by atoms with Crippen LogP contribution in [0.15, 0.2) is 42.5 Å². The van der Waals surface area contributed by atoms with Crippen molar-refractivity contribution in [3.8, 4) is 0 Å². The number of halogens is 3. The zero-order valence-electron chi connectivity index (χ0n) is 17.1. The van der Waals surface area contributed by atoms with Gasteiger partial charge < -0.3 is 10.2 Å². The number of carbonyl (C=O) groups excluding carboxylic acids is 2. The van der Waals surface area contributed by atoms with E-state index in [0.717, 1.165) is 12.3 Å². The molecule has 0 spiro atoms. The maximum atomic E-state index is 14.3. The predicted octanol–water partition coefficient (Wildman–Crippen LogP) is 3.06. The van der Waals surface area contributed by atoms with Crippen LogP contribution in [0, 0.1) is 5.82 Å². The van der Waals surface area contributed by atoms with Crippen molar-refractivity contribution in [3.63, 3.8) is 0 Å². The van der Waals surface area contributed by atoms with Gasteiger partial charge in [-0.3, -0.25) is 13.9 Å². The Kier molecular flexibility index (Phi) is 8.27. The quantitative estimate of drug-likeness (QED) is 0.617. The van der Waals surface area contributed by atoms with Crippen molar-refractivity contribution in [3.05, 3.63) is 63.9 Å². The minimum atomic E-state index is -4.01. The number of amides is 2. The van der Waals surface area contributed by atoms with E-state index < -0.39 is 40.2 Å². The third-order valence-corrected chi connectivity index (χ3v) is 6.28. The molecule has 0 aliphatic heterocycles. The first-order valence-corrected chi connectivity index (χ1v) is 11.7. The van der Waals surface area contributed by atoms with Crippen LogP contribution in [-0.2, 0) is 26.2 Å². The molecule has 1 atom stereocenters. The zero-order chi connectivity index (χ0) is 23.3. The van der Waals surface area contributed by atoms with Gasteiger partial charge in [0.25, 0.3) is 0 Å². The van der Waals surface area contributed by atoms with Crippen molar-refractivity contribution in [2.45, 2.75) is 19.5 Å². The molecule has 0 aromatic heterocycles. The van der Waals surface area contributed by atoms with Crippen molar-refractivity contribution in [2.24, 2.45) is 0 Å². The second-order valence-electron chi connectivity index (χ2n) is 6.77. The van der Waals surface area contributed by atoms with Gasteiger partial charge in [0.15, 0.2) is 0 Å². The molecule has 0 aliphatic rings. The first-order chi connectivity index (χ1) is 14.5. The van der Waals surface area contributed by atoms with Gasteiger partial charge in [-0.05, 0) is 36.8 Å². The van der Waals surface area contributed by atoms with Crippen LogP contribution in [-0.4, -0.2) is 51.0 Å². The van der Waals surface area contributed by atoms with E-state index in [1.165, 1.54) is 43.1 Å². The first kappa shape index (κ1) is 24.9. The minimum absolute atomic E-state index is 0.0850. The molecular formula is C20H22Cl2FN3O4S. The van der Waals surface area contributed by atoms with Gasteiger partial charge in [0.05, 0.1) is 11.9 Å². The second kappa shape index (κ2) is 10.3. The molecule has 0 aliphatic carbocycles. The van der Waals surface area contributed by atoms with Crippen LogP contribution in [0.2, 0.25) is 10.0 Å². The summed E-state index contributed by atoms with van der Waals surface area (Å²) >= 11 is 12.1. The number of anilines is 1. The Hall–Kier alpha value is -2.36. The van der Waals surface area contributed by atoms with Crippen LogP contribution < -0.4 is 9.62 Å². The van der Waals surface area contributed by atoms with Gasteiger partial charge >= 0.3 is 0 Å². The van der Waals surface area contributed by atoms with Crippen LogP contribution in [0.3, 0.4) is 0 Å². The highest BCUT2D eigenvalue weighted by molar-refractivity contribution is 7.92. The van der Waals surface area contributed by atoms with Gasteiger partial charge in [-0.2, -0.15) is 0 Å². The van der Waals surface area contributed by atoms with Crippen molar-refractivity contribution >= 4 is 50.7 Å². The van der Waals surface area contributed by atoms with E-state index >= 15 is 0 Å². The van der Waals surface area contributed by atoms with Crippen LogP contribution in [0.5, 0.6) is 0 Å². The number of benzene rings is 2. The fourth-order valence-electron chi connectivity index (χ4n) is 2.87. The number of para-hydroxylation sites is 1. The molecule has 2 amide bonds. The third kappa shape index (κ3) is 6.32. The van der Waals surface area contributed by atoms with E-state index in [0.29, 0.717) is 14.9 Å². The van der Waals surface area contributed by atoms with Crippen LogP contribution in [0.25, 0.3) is 0 Å². The van der Waals surface area contributed by atoms with Gasteiger partial charge in [0.2, 0.25) is 21.8 Å². The molecule has 168 valence electrons. The fraction of sp³-hybridized carbons (Fsp3) is 0.300. The highest BCUT2D eigenvalue weighted by Crippen LogP contribution is 2.25. The molecule has 0 fully saturated rings. The molecule has 31 heavy (non-hydrogen) atoms. The normalized spacial score (nSPS) is 12.2. The monoisotopic (exact) mass is 489 g/mol. The Bertz CT molecular complexity index is 1080. The molecule has 2 rings (SSSR count). The van der Waals surface area contributed by atoms with Crippen molar-refractivity contribution in [1.29, 1.82) is 0 Å². The van der Waals surface area contributed by atoms with Gasteiger partial charge in [0, 0.05) is 23.6 Å². The Labute approximate surface area is 190 Å². The van der Waals surface area contributed by atoms with Crippen molar-refractivity contribution in [1.82, 2.24) is 10.2 Å². The molecule has 2 aromatic carbocycles. The lowest BCUT2D eigenvalue weighted by Gasteiger charge is -2.31. The molecule has 0 bridgehead atoms. The summed E-state index contributed by atoms with van der Waals surface area (Å²) in [7, 11) is -2.59. The van der Waals surface area contributed by atoms with Crippen LogP contribution >= 0.6 is 23.2 Å². The number of likely N-dealkylation sites (N-methyl/N-ethyl adjacent to an activating group) is 1. The minimum Gasteiger partial charge on any atom is -0.357 e. The van der Waals surface area contributed by atoms with Crippen molar-refractivity contribution in [2.75, 3.05) is 24.2 Å². The molecule has 2 aromatic rings. The van der Waals surface area contributed by atoms with E-state index in [1.807, 2.05) is 0 Å². The highest BCUT2D eigenvalue weighted by atomic mass is 35.5. The Morgan fingerprint density at radius 2 is 1.81 bits per heavy atom. The lowest BCUT2D eigenvalue weighted by atomic mass is 10.1. The number of nitrogens with one attached hydrogen (secondary N) is 1. The Morgan fingerprint density at radius 3 is 2.35 bits per heavy atom. The van der Waals surface area contributed by atoms with E-state index in [9.17, 15) is 22.4 Å². The molecule has 0 heterocycles. The summed E-state index contributed by atoms with van der Waals surface area (Å²) in [5, 5.41) is 3.13. The van der Waals surface area contributed by atoms with E-state index in [2.05, 4.69) is 5.32 Å². The number of rotatable bonds is 8. The Balaban J connectivity index is 2.43. The van der Waals surface area contributed by atoms with E-state index in [-0.39, 0.29) is 17.3 Å². The maximum absolute atomic E-state index is 14.3. The molecule has 0 saturated heterocycles. The molecule has 0 saturated carbocycles. The summed E-state index contributed by atoms with van der Waals surface area (Å²) in [4.78, 5) is 26.6. The van der Waals surface area contributed by atoms with Gasteiger partial charge in [-0.15, -0.1) is 0 Å². The number of hydrogen-bond donors (Lipinski definition) is 1. The predicted molar refractivity (Wildman–Crippen MR) is 119 cm³/mol. The number of carbonyl (C=O) groups is 2. The van der Waals surface area contributed by atoms with Gasteiger partial charge in [0.1, 0.15) is 18.4 Å². The lowest BCUT2D eigenvalue weighted by molar-refractivity contribution is -0.139. The van der Waals surface area contributed by atoms with Crippen LogP contribution in [0.4, 0.5) is 10.1 Å². The molecule has 0 radical (unpaired) electrons. The average Bonchev–Trinajstić information content (AvgIpc) is 2.70. The summed E-state index contributed by atoms with van der Waals surface area (Å²) < 4.78 is 39.6. The van der Waals surface area contributed by atoms with Gasteiger partial charge in [-0.1, -0.05) is 41.4 Å². The fourth-order valence-corrected chi connectivity index (χ4v) is 4.19. The largest absolute Gasteiger partial charge is 0.357 e. The topological polar surface area (TPSA) is 86.8 Å². The maximum Gasteiger partial charge on any atom is 0.244 e. The van der Waals surface area contributed by atoms with Crippen LogP contribution in [0.1, 0.15) is 12.5 Å². The van der Waals surface area contributed by atoms with Gasteiger partial charge in [-0.25, -0.2) is 12.8 Å². The van der Waals surface area contributed by atoms with E-state index in [1.54, 1.807) is 12.1 Å². The number of nitrogens with zero attached hydrogens (tertiary/aromatic N) is 2.